The molecule has 0 amide bonds. The Balaban J connectivity index is -0.000000000769. The van der Waals surface area contributed by atoms with Crippen molar-refractivity contribution in [1.29, 1.82) is 0 Å². The Kier molecular flexibility index (Phi) is 685. The van der Waals surface area contributed by atoms with Crippen molar-refractivity contribution in [3.05, 3.63) is 20.3 Å². The quantitative estimate of drug-likeness (QED) is 0.328. The van der Waals surface area contributed by atoms with Crippen molar-refractivity contribution in [2.45, 2.75) is 27.7 Å². The van der Waals surface area contributed by atoms with Crippen LogP contribution in [0, 0.1) is 20.3 Å². The van der Waals surface area contributed by atoms with E-state index in [9.17, 15) is 0 Å². The summed E-state index contributed by atoms with van der Waals surface area (Å²) in [5.41, 5.74) is 0. The monoisotopic (exact) mass is 1170 g/mol. The Morgan fingerprint density at radius 2 is 0.316 bits per heavy atom. The van der Waals surface area contributed by atoms with E-state index in [1.165, 1.54) is 0 Å². The van der Waals surface area contributed by atoms with E-state index in [0.717, 1.165) is 0 Å². The molecule has 19 heavy (non-hydrogen) atoms. The molecule has 0 nitrogen and oxygen atoms in total. The second-order valence-electron chi connectivity index (χ2n) is 1.15. The molecule has 12 heteroatoms. The summed E-state index contributed by atoms with van der Waals surface area (Å²) in [5, 5.41) is 0. The fraction of sp³-hybridized carbons (Fsp3) is 0.571. The summed E-state index contributed by atoms with van der Waals surface area (Å²) in [7, 11) is 0. The van der Waals surface area contributed by atoms with Gasteiger partial charge in [-0.1, -0.05) is 0 Å². The van der Waals surface area contributed by atoms with E-state index in [1.54, 1.807) is 0 Å². The van der Waals surface area contributed by atoms with Crippen molar-refractivity contribution in [1.82, 2.24) is 0 Å². The predicted octanol–water partition coefficient (Wildman–Crippen LogP) is 2.88. The summed E-state index contributed by atoms with van der Waals surface area (Å²) in [6.45, 7) is 8.00. The molecule has 0 aromatic rings. The minimum Gasteiger partial charge on any atom is -0.358 e. The van der Waals surface area contributed by atoms with Crippen LogP contribution < -0.4 is 0 Å². The molecule has 0 aliphatic carbocycles. The first-order valence-corrected chi connectivity index (χ1v) is 2.31. The summed E-state index contributed by atoms with van der Waals surface area (Å²) in [6.07, 6.45) is 4.00. The Morgan fingerprint density at radius 3 is 0.316 bits per heavy atom. The van der Waals surface area contributed by atoms with Crippen LogP contribution in [-0.4, -0.2) is 0 Å². The molecule has 0 fully saturated rings. The van der Waals surface area contributed by atoms with Gasteiger partial charge in [-0.05, 0) is 0 Å². The average molecular weight is 1170 g/mol. The van der Waals surface area contributed by atoms with E-state index in [0.29, 0.717) is 0 Å². The molecule has 0 bridgehead atoms. The topological polar surface area (TPSA) is 0 Å². The molecule has 0 aromatic heterocycles. The van der Waals surface area contributed by atoms with Crippen LogP contribution in [0.2, 0.25) is 0 Å². The summed E-state index contributed by atoms with van der Waals surface area (Å²) in [5.74, 6) is 0. The predicted molar refractivity (Wildman–Crippen MR) is 37.7 cm³/mol. The molecule has 0 aliphatic heterocycles. The van der Waals surface area contributed by atoms with Crippen molar-refractivity contribution in [2.24, 2.45) is 0 Å². The van der Waals surface area contributed by atoms with Gasteiger partial charge in [-0.3, -0.25) is 0 Å². The molecular weight excluding hydrogens is 1150 g/mol. The van der Waals surface area contributed by atoms with Crippen LogP contribution in [0.1, 0.15) is 27.7 Å². The van der Waals surface area contributed by atoms with Crippen molar-refractivity contribution in [2.75, 3.05) is 0 Å². The molecule has 0 N–H and O–H groups in total. The van der Waals surface area contributed by atoms with Gasteiger partial charge in [0.2, 0.25) is 0 Å². The van der Waals surface area contributed by atoms with Gasteiger partial charge in [0.1, 0.15) is 0 Å². The molecule has 84 valence electrons. The largest absolute Gasteiger partial charge is 0.358 e. The van der Waals surface area contributed by atoms with Crippen LogP contribution in [0.4, 0.5) is 0 Å². The van der Waals surface area contributed by atoms with Crippen LogP contribution in [0.15, 0.2) is 0 Å². The third-order valence-electron chi connectivity index (χ3n) is 0. The van der Waals surface area contributed by atoms with Gasteiger partial charge >= 0.3 is 0 Å². The van der Waals surface area contributed by atoms with Crippen molar-refractivity contribution < 1.29 is 393 Å². The first-order chi connectivity index (χ1) is 2.83. The van der Waals surface area contributed by atoms with Crippen LogP contribution in [0.5, 0.6) is 0 Å². The first kappa shape index (κ1) is 106. The summed E-state index contributed by atoms with van der Waals surface area (Å²) in [6, 6.07) is 0. The molecule has 0 unspecified atom stereocenters. The van der Waals surface area contributed by atoms with Crippen molar-refractivity contribution in [3.8, 4) is 0 Å². The molecule has 0 heterocycles. The van der Waals surface area contributed by atoms with E-state index in [1.807, 2.05) is 40.5 Å². The van der Waals surface area contributed by atoms with Gasteiger partial charge in [0.15, 0.2) is 0 Å². The van der Waals surface area contributed by atoms with Gasteiger partial charge in [-0.15, -0.1) is 0 Å². The third-order valence-corrected chi connectivity index (χ3v) is 0. The maximum atomic E-state index is 2.00. The van der Waals surface area contributed by atoms with Gasteiger partial charge in [0.05, 0.1) is 0 Å². The molecule has 0 saturated carbocycles. The minimum atomic E-state index is 0. The second kappa shape index (κ2) is 123. The van der Waals surface area contributed by atoms with Crippen molar-refractivity contribution >= 4 is 0 Å². The molecular formula is C7H17Y12-3. The van der Waals surface area contributed by atoms with Gasteiger partial charge in [0.25, 0.3) is 0 Å². The maximum Gasteiger partial charge on any atom is 0 e. The van der Waals surface area contributed by atoms with Gasteiger partial charge in [-0.2, -0.15) is 27.7 Å². The maximum absolute atomic E-state index is 2.00. The normalized spacial score (nSPS) is 1.89. The fourth-order valence-corrected chi connectivity index (χ4v) is 0. The third kappa shape index (κ3) is 152. The van der Waals surface area contributed by atoms with Gasteiger partial charge < -0.3 is 20.3 Å². The molecule has 0 spiro atoms. The zero-order valence-corrected chi connectivity index (χ0v) is 47.1. The summed E-state index contributed by atoms with van der Waals surface area (Å²) < 4.78 is 0. The standard InChI is InChI=1S/2C3H7.CH3.12Y/c2*1-3-2;;;;;;;;;;;;;/h2*3H,1-2H3;1H3;;;;;;;;;;;;/q3*-1;;;;;;;;;;;;. The molecule has 0 aliphatic rings. The fourth-order valence-electron chi connectivity index (χ4n) is 0. The number of rotatable bonds is 0. The van der Waals surface area contributed by atoms with Gasteiger partial charge in [0, 0.05) is 393 Å². The zero-order chi connectivity index (χ0) is 5.41. The van der Waals surface area contributed by atoms with Crippen LogP contribution in [-0.2, 0) is 393 Å². The first-order valence-electron chi connectivity index (χ1n) is 2.31. The average Bonchev–Trinajstić information content (AvgIpc) is 1.39. The zero-order valence-electron chi connectivity index (χ0n) is 13.1. The number of hydrogen-bond donors (Lipinski definition) is 0. The molecule has 0 aromatic carbocycles. The summed E-state index contributed by atoms with van der Waals surface area (Å²) >= 11 is 0. The molecule has 12 radical (unpaired) electrons. The van der Waals surface area contributed by atoms with E-state index in [4.69, 9.17) is 0 Å². The van der Waals surface area contributed by atoms with E-state index in [-0.39, 0.29) is 400 Å². The van der Waals surface area contributed by atoms with E-state index in [2.05, 4.69) is 0 Å². The summed E-state index contributed by atoms with van der Waals surface area (Å²) in [4.78, 5) is 0. The number of hydrogen-bond acceptors (Lipinski definition) is 0. The Labute approximate surface area is 426 Å². The SMILES string of the molecule is C[CH-]C.C[CH-]C.[CH3-].[Y].[Y].[Y].[Y].[Y].[Y].[Y].[Y].[Y].[Y].[Y].[Y]. The minimum absolute atomic E-state index is 0. The molecule has 0 rings (SSSR count). The molecule has 0 saturated heterocycles. The Hall–Kier alpha value is 13.2. The van der Waals surface area contributed by atoms with Gasteiger partial charge in [-0.25, -0.2) is 0 Å². The van der Waals surface area contributed by atoms with E-state index < -0.39 is 0 Å². The van der Waals surface area contributed by atoms with Crippen LogP contribution in [0.3, 0.4) is 0 Å². The Bertz CT molecular complexity index is 20.0. The van der Waals surface area contributed by atoms with Crippen LogP contribution >= 0.6 is 0 Å². The smallest absolute Gasteiger partial charge is 0 e. The molecule has 0 atom stereocenters. The Morgan fingerprint density at radius 1 is 0.316 bits per heavy atom. The second-order valence-corrected chi connectivity index (χ2v) is 1.15. The van der Waals surface area contributed by atoms with E-state index >= 15 is 0 Å². The van der Waals surface area contributed by atoms with Crippen LogP contribution in [0.25, 0.3) is 0 Å². The van der Waals surface area contributed by atoms with Crippen molar-refractivity contribution in [3.63, 3.8) is 0 Å².